The van der Waals surface area contributed by atoms with Crippen molar-refractivity contribution in [2.75, 3.05) is 0 Å². The van der Waals surface area contributed by atoms with E-state index in [0.717, 1.165) is 18.0 Å². The van der Waals surface area contributed by atoms with Gasteiger partial charge in [0.25, 0.3) is 0 Å². The molecule has 24 heavy (non-hydrogen) atoms. The van der Waals surface area contributed by atoms with Crippen LogP contribution in [-0.4, -0.2) is 54.1 Å². The molecule has 4 rings (SSSR count). The molecule has 1 aromatic heterocycles. The van der Waals surface area contributed by atoms with E-state index in [9.17, 15) is 19.8 Å². The lowest BCUT2D eigenvalue weighted by Gasteiger charge is -2.46. The Morgan fingerprint density at radius 3 is 2.92 bits per heavy atom. The number of aromatic nitrogens is 3. The third kappa shape index (κ3) is 2.04. The third-order valence-electron chi connectivity index (χ3n) is 5.12. The van der Waals surface area contributed by atoms with Gasteiger partial charge in [0.05, 0.1) is 29.9 Å². The fraction of sp³-hybridized carbons (Fsp3) is 0.600. The van der Waals surface area contributed by atoms with Crippen molar-refractivity contribution >= 4 is 23.6 Å². The number of carboxylic acids is 1. The number of carbonyl (C=O) groups is 2. The highest BCUT2D eigenvalue weighted by Gasteiger charge is 2.60. The molecule has 1 aromatic rings. The number of aliphatic carboxylic acids is 1. The highest BCUT2D eigenvalue weighted by Crippen LogP contribution is 2.51. The van der Waals surface area contributed by atoms with Crippen molar-refractivity contribution in [1.29, 1.82) is 0 Å². The normalized spacial score (nSPS) is 32.6. The van der Waals surface area contributed by atoms with E-state index in [1.807, 2.05) is 16.3 Å². The number of hydrogen-bond donors (Lipinski definition) is 2. The Labute approximate surface area is 142 Å². The molecule has 0 saturated carbocycles. The summed E-state index contributed by atoms with van der Waals surface area (Å²) in [5.74, 6) is -1.95. The molecule has 128 valence electrons. The Morgan fingerprint density at radius 2 is 2.29 bits per heavy atom. The fourth-order valence-corrected chi connectivity index (χ4v) is 5.49. The van der Waals surface area contributed by atoms with Crippen LogP contribution < -0.4 is 4.68 Å². The van der Waals surface area contributed by atoms with Crippen LogP contribution >= 0.6 is 11.8 Å². The molecule has 1 saturated heterocycles. The maximum Gasteiger partial charge on any atom is 0.353 e. The standard InChI is InChI=1S/C15H18N4O4S/c1-7-11-10(8(2)20)14(21)19(11)12(15(22)23)13(7)24-9-3-17-5-16-6-18(17)4-9/h5-11,20H,3-4H2,1-2H3/p+1/t7?,8-,10-,11-/m1/s1. The van der Waals surface area contributed by atoms with E-state index in [1.54, 1.807) is 19.6 Å². The zero-order chi connectivity index (χ0) is 17.2. The lowest BCUT2D eigenvalue weighted by atomic mass is 9.79. The average molecular weight is 351 g/mol. The number of carbonyl (C=O) groups excluding carboxylic acids is 1. The zero-order valence-corrected chi connectivity index (χ0v) is 14.2. The molecule has 3 aliphatic rings. The van der Waals surface area contributed by atoms with E-state index >= 15 is 0 Å². The van der Waals surface area contributed by atoms with Crippen LogP contribution in [0.4, 0.5) is 0 Å². The quantitative estimate of drug-likeness (QED) is 0.557. The van der Waals surface area contributed by atoms with E-state index in [2.05, 4.69) is 4.98 Å². The van der Waals surface area contributed by atoms with Crippen LogP contribution in [0.3, 0.4) is 0 Å². The molecule has 0 aromatic carbocycles. The predicted molar refractivity (Wildman–Crippen MR) is 83.4 cm³/mol. The summed E-state index contributed by atoms with van der Waals surface area (Å²) in [4.78, 5) is 30.3. The lowest BCUT2D eigenvalue weighted by Crippen LogP contribution is -2.63. The second-order valence-corrected chi connectivity index (χ2v) is 7.98. The number of β-lactam (4-membered cyclic amide) rings is 1. The van der Waals surface area contributed by atoms with Crippen molar-refractivity contribution in [3.8, 4) is 0 Å². The first-order chi connectivity index (χ1) is 11.4. The Balaban J connectivity index is 1.61. The van der Waals surface area contributed by atoms with Gasteiger partial charge in [-0.1, -0.05) is 6.92 Å². The van der Waals surface area contributed by atoms with Gasteiger partial charge in [-0.25, -0.2) is 4.79 Å². The van der Waals surface area contributed by atoms with E-state index < -0.39 is 18.0 Å². The van der Waals surface area contributed by atoms with Gasteiger partial charge in [0, 0.05) is 10.8 Å². The molecule has 8 nitrogen and oxygen atoms in total. The first kappa shape index (κ1) is 15.6. The first-order valence-electron chi connectivity index (χ1n) is 7.95. The van der Waals surface area contributed by atoms with Gasteiger partial charge < -0.3 is 15.1 Å². The van der Waals surface area contributed by atoms with Gasteiger partial charge >= 0.3 is 12.3 Å². The zero-order valence-electron chi connectivity index (χ0n) is 13.4. The summed E-state index contributed by atoms with van der Waals surface area (Å²) >= 11 is 1.54. The van der Waals surface area contributed by atoms with Crippen molar-refractivity contribution in [3.63, 3.8) is 0 Å². The number of rotatable bonds is 4. The number of amides is 1. The van der Waals surface area contributed by atoms with Crippen LogP contribution in [0.15, 0.2) is 23.3 Å². The first-order valence-corrected chi connectivity index (χ1v) is 8.83. The molecule has 1 amide bonds. The number of carboxylic acid groups (broad SMARTS) is 1. The van der Waals surface area contributed by atoms with Gasteiger partial charge in [-0.05, 0) is 11.9 Å². The SMILES string of the molecule is CC1C(SC2Cn3cnc[n+]3C2)=C(C(=O)O)N2C(=O)[C@H]([C@@H](C)O)[C@@H]12. The smallest absolute Gasteiger partial charge is 0.353 e. The summed E-state index contributed by atoms with van der Waals surface area (Å²) in [6.07, 6.45) is 2.74. The van der Waals surface area contributed by atoms with Gasteiger partial charge in [0.15, 0.2) is 0 Å². The maximum atomic E-state index is 12.3. The number of thioether (sulfide) groups is 1. The van der Waals surface area contributed by atoms with Crippen molar-refractivity contribution in [2.45, 2.75) is 44.3 Å². The van der Waals surface area contributed by atoms with Crippen LogP contribution in [0, 0.1) is 11.8 Å². The number of nitrogens with zero attached hydrogens (tertiary/aromatic N) is 4. The van der Waals surface area contributed by atoms with Crippen molar-refractivity contribution in [3.05, 3.63) is 23.3 Å². The predicted octanol–water partition coefficient (Wildman–Crippen LogP) is -0.560. The summed E-state index contributed by atoms with van der Waals surface area (Å²) in [5, 5.41) is 19.7. The van der Waals surface area contributed by atoms with E-state index in [-0.39, 0.29) is 28.8 Å². The van der Waals surface area contributed by atoms with Gasteiger partial charge in [0.2, 0.25) is 12.2 Å². The maximum absolute atomic E-state index is 12.3. The number of aliphatic hydroxyl groups excluding tert-OH is 1. The molecule has 1 unspecified atom stereocenters. The molecule has 0 aliphatic carbocycles. The van der Waals surface area contributed by atoms with Crippen LogP contribution in [0.2, 0.25) is 0 Å². The van der Waals surface area contributed by atoms with Crippen molar-refractivity contribution in [2.24, 2.45) is 11.8 Å². The molecule has 0 spiro atoms. The van der Waals surface area contributed by atoms with Gasteiger partial charge in [-0.15, -0.1) is 11.8 Å². The van der Waals surface area contributed by atoms with E-state index in [0.29, 0.717) is 0 Å². The lowest BCUT2D eigenvalue weighted by molar-refractivity contribution is -0.758. The molecule has 1 fully saturated rings. The number of aliphatic hydroxyl groups is 1. The second-order valence-electron chi connectivity index (χ2n) is 6.64. The monoisotopic (exact) mass is 351 g/mol. The highest BCUT2D eigenvalue weighted by molar-refractivity contribution is 8.03. The average Bonchev–Trinajstić information content (AvgIpc) is 3.12. The van der Waals surface area contributed by atoms with Gasteiger partial charge in [0.1, 0.15) is 12.2 Å². The second kappa shape index (κ2) is 5.32. The Hall–Kier alpha value is -1.87. The fourth-order valence-electron chi connectivity index (χ4n) is 4.03. The van der Waals surface area contributed by atoms with E-state index in [1.165, 1.54) is 16.7 Å². The molecule has 0 bridgehead atoms. The Morgan fingerprint density at radius 1 is 1.54 bits per heavy atom. The minimum Gasteiger partial charge on any atom is -0.477 e. The molecular formula is C15H19N4O4S+. The van der Waals surface area contributed by atoms with Crippen LogP contribution in [-0.2, 0) is 22.7 Å². The summed E-state index contributed by atoms with van der Waals surface area (Å²) in [7, 11) is 0. The Bertz CT molecular complexity index is 738. The van der Waals surface area contributed by atoms with Crippen LogP contribution in [0.1, 0.15) is 13.8 Å². The summed E-state index contributed by atoms with van der Waals surface area (Å²) in [5.41, 5.74) is 0.0964. The minimum atomic E-state index is -1.07. The van der Waals surface area contributed by atoms with Crippen LogP contribution in [0.5, 0.6) is 0 Å². The highest BCUT2D eigenvalue weighted by atomic mass is 32.2. The molecule has 9 heteroatoms. The summed E-state index contributed by atoms with van der Waals surface area (Å²) < 4.78 is 3.99. The summed E-state index contributed by atoms with van der Waals surface area (Å²) in [6.45, 7) is 5.05. The van der Waals surface area contributed by atoms with Crippen LogP contribution in [0.25, 0.3) is 0 Å². The summed E-state index contributed by atoms with van der Waals surface area (Å²) in [6, 6.07) is -0.249. The van der Waals surface area contributed by atoms with Gasteiger partial charge in [-0.2, -0.15) is 9.36 Å². The largest absolute Gasteiger partial charge is 0.477 e. The van der Waals surface area contributed by atoms with Crippen molar-refractivity contribution in [1.82, 2.24) is 14.6 Å². The number of hydrogen-bond acceptors (Lipinski definition) is 5. The van der Waals surface area contributed by atoms with Crippen molar-refractivity contribution < 1.29 is 24.5 Å². The Kier molecular flexibility index (Phi) is 3.47. The van der Waals surface area contributed by atoms with Gasteiger partial charge in [-0.3, -0.25) is 4.79 Å². The minimum absolute atomic E-state index is 0.0820. The molecule has 4 heterocycles. The topological polar surface area (TPSA) is 99.5 Å². The third-order valence-corrected chi connectivity index (χ3v) is 6.57. The number of fused-ring (bicyclic) bond motifs is 2. The molecule has 4 atom stereocenters. The van der Waals surface area contributed by atoms with E-state index in [4.69, 9.17) is 0 Å². The molecular weight excluding hydrogens is 332 g/mol. The molecule has 3 aliphatic heterocycles. The molecule has 2 N–H and O–H groups in total. The molecule has 0 radical (unpaired) electrons.